The lowest BCUT2D eigenvalue weighted by Gasteiger charge is -2.20. The quantitative estimate of drug-likeness (QED) is 0.741. The van der Waals surface area contributed by atoms with Gasteiger partial charge in [-0.3, -0.25) is 10.1 Å². The van der Waals surface area contributed by atoms with Crippen LogP contribution in [0, 0.1) is 18.3 Å². The van der Waals surface area contributed by atoms with Crippen LogP contribution in [0.1, 0.15) is 22.5 Å². The molecule has 0 fully saturated rings. The molecule has 5 nitrogen and oxygen atoms in total. The normalized spacial score (nSPS) is 13.4. The Bertz CT molecular complexity index is 887. The Kier molecular flexibility index (Phi) is 2.45. The fourth-order valence-corrected chi connectivity index (χ4v) is 2.96. The second-order valence-electron chi connectivity index (χ2n) is 5.27. The molecular weight excluding hydrogens is 262 g/mol. The largest absolute Gasteiger partial charge is 0.361 e. The first kappa shape index (κ1) is 11.9. The van der Waals surface area contributed by atoms with Crippen LogP contribution in [0.5, 0.6) is 0 Å². The van der Waals surface area contributed by atoms with Crippen LogP contribution in [-0.2, 0) is 13.1 Å². The first-order chi connectivity index (χ1) is 10.3. The third-order valence-electron chi connectivity index (χ3n) is 4.06. The summed E-state index contributed by atoms with van der Waals surface area (Å²) in [4.78, 5) is 6.65. The van der Waals surface area contributed by atoms with Crippen molar-refractivity contribution in [3.63, 3.8) is 0 Å². The standard InChI is InChI=1S/C16H13N5/c1-10-13-8-21(9-14(13)20-19-10)15-5-4-11(7-17)16-12(15)3-2-6-18-16/h2-6H,8-9H2,1H3,(H,19,20). The Morgan fingerprint density at radius 3 is 3.00 bits per heavy atom. The number of aryl methyl sites for hydroxylation is 1. The average Bonchev–Trinajstić information content (AvgIpc) is 3.08. The number of nitrogens with one attached hydrogen (secondary N) is 1. The van der Waals surface area contributed by atoms with Crippen LogP contribution in [0.25, 0.3) is 10.9 Å². The number of fused-ring (bicyclic) bond motifs is 2. The molecule has 1 aliphatic rings. The molecule has 3 heterocycles. The van der Waals surface area contributed by atoms with Gasteiger partial charge >= 0.3 is 0 Å². The number of nitrogens with zero attached hydrogens (tertiary/aromatic N) is 4. The van der Waals surface area contributed by atoms with Crippen molar-refractivity contribution < 1.29 is 0 Å². The van der Waals surface area contributed by atoms with Gasteiger partial charge in [0.05, 0.1) is 23.3 Å². The molecule has 0 spiro atoms. The highest BCUT2D eigenvalue weighted by molar-refractivity contribution is 5.95. The maximum absolute atomic E-state index is 9.22. The molecule has 0 radical (unpaired) electrons. The molecule has 0 bridgehead atoms. The summed E-state index contributed by atoms with van der Waals surface area (Å²) in [6, 6.07) is 10.00. The van der Waals surface area contributed by atoms with Crippen LogP contribution >= 0.6 is 0 Å². The van der Waals surface area contributed by atoms with Crippen molar-refractivity contribution >= 4 is 16.6 Å². The van der Waals surface area contributed by atoms with Gasteiger partial charge in [0.2, 0.25) is 0 Å². The molecule has 1 N–H and O–H groups in total. The van der Waals surface area contributed by atoms with E-state index in [9.17, 15) is 5.26 Å². The van der Waals surface area contributed by atoms with Crippen molar-refractivity contribution in [2.45, 2.75) is 20.0 Å². The first-order valence-corrected chi connectivity index (χ1v) is 6.83. The van der Waals surface area contributed by atoms with Gasteiger partial charge in [-0.1, -0.05) is 0 Å². The van der Waals surface area contributed by atoms with E-state index in [0.717, 1.165) is 41.1 Å². The van der Waals surface area contributed by atoms with Gasteiger partial charge in [0.25, 0.3) is 0 Å². The molecule has 5 heteroatoms. The van der Waals surface area contributed by atoms with Gasteiger partial charge in [-0.05, 0) is 31.2 Å². The average molecular weight is 275 g/mol. The Balaban J connectivity index is 1.84. The molecule has 0 amide bonds. The zero-order chi connectivity index (χ0) is 14.4. The van der Waals surface area contributed by atoms with Gasteiger partial charge in [-0.25, -0.2) is 0 Å². The fraction of sp³-hybridized carbons (Fsp3) is 0.188. The van der Waals surface area contributed by atoms with Crippen molar-refractivity contribution in [2.75, 3.05) is 4.90 Å². The molecule has 0 saturated heterocycles. The van der Waals surface area contributed by atoms with Crippen molar-refractivity contribution in [3.05, 3.63) is 53.0 Å². The molecule has 0 aliphatic carbocycles. The monoisotopic (exact) mass is 275 g/mol. The number of H-pyrrole nitrogens is 1. The minimum atomic E-state index is 0.614. The van der Waals surface area contributed by atoms with E-state index >= 15 is 0 Å². The van der Waals surface area contributed by atoms with E-state index in [-0.39, 0.29) is 0 Å². The lowest BCUT2D eigenvalue weighted by atomic mass is 10.1. The van der Waals surface area contributed by atoms with Crippen molar-refractivity contribution in [2.24, 2.45) is 0 Å². The number of aromatic nitrogens is 3. The number of pyridine rings is 1. The summed E-state index contributed by atoms with van der Waals surface area (Å²) in [5.41, 5.74) is 5.99. The van der Waals surface area contributed by atoms with Gasteiger partial charge in [0.1, 0.15) is 6.07 Å². The number of benzene rings is 1. The predicted molar refractivity (Wildman–Crippen MR) is 79.7 cm³/mol. The van der Waals surface area contributed by atoms with Gasteiger partial charge in [0, 0.05) is 35.1 Å². The Labute approximate surface area is 121 Å². The summed E-state index contributed by atoms with van der Waals surface area (Å²) in [7, 11) is 0. The Morgan fingerprint density at radius 2 is 2.19 bits per heavy atom. The number of aromatic amines is 1. The van der Waals surface area contributed by atoms with E-state index in [1.54, 1.807) is 6.20 Å². The molecule has 102 valence electrons. The van der Waals surface area contributed by atoms with E-state index in [1.165, 1.54) is 5.56 Å². The highest BCUT2D eigenvalue weighted by Crippen LogP contribution is 2.34. The molecule has 21 heavy (non-hydrogen) atoms. The van der Waals surface area contributed by atoms with Crippen LogP contribution < -0.4 is 4.90 Å². The van der Waals surface area contributed by atoms with E-state index < -0.39 is 0 Å². The topological polar surface area (TPSA) is 68.6 Å². The lowest BCUT2D eigenvalue weighted by molar-refractivity contribution is 0.837. The van der Waals surface area contributed by atoms with E-state index in [4.69, 9.17) is 0 Å². The molecule has 0 saturated carbocycles. The Hall–Kier alpha value is -2.87. The van der Waals surface area contributed by atoms with Crippen LogP contribution in [0.3, 0.4) is 0 Å². The number of hydrogen-bond acceptors (Lipinski definition) is 4. The summed E-state index contributed by atoms with van der Waals surface area (Å²) in [5, 5.41) is 17.6. The van der Waals surface area contributed by atoms with E-state index in [1.807, 2.05) is 31.2 Å². The second kappa shape index (κ2) is 4.32. The molecule has 4 rings (SSSR count). The lowest BCUT2D eigenvalue weighted by Crippen LogP contribution is -2.16. The molecule has 3 aromatic rings. The zero-order valence-electron chi connectivity index (χ0n) is 11.6. The SMILES string of the molecule is Cc1[nH]nc2c1CN(c1ccc(C#N)c3ncccc13)C2. The van der Waals surface area contributed by atoms with Gasteiger partial charge in [-0.15, -0.1) is 0 Å². The third kappa shape index (κ3) is 1.69. The van der Waals surface area contributed by atoms with Crippen molar-refractivity contribution in [1.29, 1.82) is 5.26 Å². The summed E-state index contributed by atoms with van der Waals surface area (Å²) in [6.07, 6.45) is 1.73. The number of nitriles is 1. The van der Waals surface area contributed by atoms with Crippen LogP contribution in [0.15, 0.2) is 30.5 Å². The highest BCUT2D eigenvalue weighted by Gasteiger charge is 2.25. The van der Waals surface area contributed by atoms with Gasteiger partial charge in [-0.2, -0.15) is 10.4 Å². The molecule has 2 aromatic heterocycles. The van der Waals surface area contributed by atoms with Crippen LogP contribution in [-0.4, -0.2) is 15.2 Å². The maximum atomic E-state index is 9.22. The Morgan fingerprint density at radius 1 is 1.29 bits per heavy atom. The summed E-state index contributed by atoms with van der Waals surface area (Å²) in [5.74, 6) is 0. The van der Waals surface area contributed by atoms with Crippen molar-refractivity contribution in [1.82, 2.24) is 15.2 Å². The highest BCUT2D eigenvalue weighted by atomic mass is 15.2. The smallest absolute Gasteiger partial charge is 0.101 e. The maximum Gasteiger partial charge on any atom is 0.101 e. The van der Waals surface area contributed by atoms with Crippen LogP contribution in [0.2, 0.25) is 0 Å². The van der Waals surface area contributed by atoms with Crippen LogP contribution in [0.4, 0.5) is 5.69 Å². The van der Waals surface area contributed by atoms with E-state index in [0.29, 0.717) is 5.56 Å². The van der Waals surface area contributed by atoms with Crippen molar-refractivity contribution in [3.8, 4) is 6.07 Å². The minimum absolute atomic E-state index is 0.614. The van der Waals surface area contributed by atoms with Gasteiger partial charge < -0.3 is 4.90 Å². The van der Waals surface area contributed by atoms with E-state index in [2.05, 4.69) is 26.2 Å². The summed E-state index contributed by atoms with van der Waals surface area (Å²) < 4.78 is 0. The van der Waals surface area contributed by atoms with Gasteiger partial charge in [0.15, 0.2) is 0 Å². The molecular formula is C16H13N5. The predicted octanol–water partition coefficient (Wildman–Crippen LogP) is 2.66. The fourth-order valence-electron chi connectivity index (χ4n) is 2.96. The minimum Gasteiger partial charge on any atom is -0.361 e. The molecule has 0 atom stereocenters. The zero-order valence-corrected chi connectivity index (χ0v) is 11.6. The summed E-state index contributed by atoms with van der Waals surface area (Å²) in [6.45, 7) is 3.68. The summed E-state index contributed by atoms with van der Waals surface area (Å²) >= 11 is 0. The number of hydrogen-bond donors (Lipinski definition) is 1. The molecule has 0 unspecified atom stereocenters. The second-order valence-corrected chi connectivity index (χ2v) is 5.27. The third-order valence-corrected chi connectivity index (χ3v) is 4.06. The number of rotatable bonds is 1. The number of anilines is 1. The molecule has 1 aromatic carbocycles. The molecule has 1 aliphatic heterocycles. The first-order valence-electron chi connectivity index (χ1n) is 6.83.